The number of aromatic nitrogens is 4. The van der Waals surface area contributed by atoms with Crippen molar-refractivity contribution in [3.05, 3.63) is 106 Å². The number of thiazole rings is 1. The molecule has 0 radical (unpaired) electrons. The number of halogens is 4. The van der Waals surface area contributed by atoms with Crippen molar-refractivity contribution in [1.29, 1.82) is 0 Å². The number of aryl methyl sites for hydroxylation is 1. The first kappa shape index (κ1) is 32.4. The Kier molecular flexibility index (Phi) is 9.58. The molecule has 0 amide bonds. The number of rotatable bonds is 10. The third-order valence-electron chi connectivity index (χ3n) is 6.82. The maximum atomic E-state index is 15.0. The van der Waals surface area contributed by atoms with Crippen molar-refractivity contribution in [2.24, 2.45) is 4.99 Å². The van der Waals surface area contributed by atoms with E-state index >= 15 is 4.39 Å². The fraction of sp³-hybridized carbons (Fsp3) is 0.219. The van der Waals surface area contributed by atoms with E-state index in [1.54, 1.807) is 19.2 Å². The number of alkyl halides is 3. The van der Waals surface area contributed by atoms with Crippen LogP contribution in [0.2, 0.25) is 0 Å². The summed E-state index contributed by atoms with van der Waals surface area (Å²) in [5.74, 6) is 0.258. The molecule has 14 heteroatoms. The van der Waals surface area contributed by atoms with Gasteiger partial charge in [-0.3, -0.25) is 4.57 Å². The number of nitrogens with one attached hydrogen (secondary N) is 1. The van der Waals surface area contributed by atoms with E-state index in [4.69, 9.17) is 4.74 Å². The molecule has 2 aromatic heterocycles. The number of aliphatic hydroxyl groups is 1. The molecule has 5 aromatic rings. The molecule has 0 aliphatic heterocycles. The Morgan fingerprint density at radius 3 is 2.39 bits per heavy atom. The van der Waals surface area contributed by atoms with E-state index in [-0.39, 0.29) is 17.2 Å². The Morgan fingerprint density at radius 1 is 1.04 bits per heavy atom. The maximum absolute atomic E-state index is 15.0. The third-order valence-corrected chi connectivity index (χ3v) is 7.77. The highest BCUT2D eigenvalue weighted by atomic mass is 32.1. The van der Waals surface area contributed by atoms with Crippen molar-refractivity contribution in [2.45, 2.75) is 39.4 Å². The topological polar surface area (TPSA) is 98.7 Å². The highest BCUT2D eigenvalue weighted by molar-refractivity contribution is 7.07. The lowest BCUT2D eigenvalue weighted by atomic mass is 10.0. The molecule has 1 atom stereocenters. The van der Waals surface area contributed by atoms with E-state index in [0.29, 0.717) is 27.6 Å². The van der Waals surface area contributed by atoms with Gasteiger partial charge >= 0.3 is 6.36 Å². The number of aliphatic hydroxyl groups excluding tert-OH is 1. The molecule has 2 N–H and O–H groups in total. The number of ether oxygens (including phenoxy) is 2. The van der Waals surface area contributed by atoms with Crippen LogP contribution in [-0.4, -0.2) is 44.3 Å². The van der Waals surface area contributed by atoms with Gasteiger partial charge in [0.05, 0.1) is 18.5 Å². The monoisotopic (exact) mass is 654 g/mol. The van der Waals surface area contributed by atoms with Crippen LogP contribution in [0.15, 0.2) is 89.6 Å². The summed E-state index contributed by atoms with van der Waals surface area (Å²) < 4.78 is 64.9. The minimum Gasteiger partial charge on any atom is -0.497 e. The number of hydrogen-bond acceptors (Lipinski definition) is 8. The summed E-state index contributed by atoms with van der Waals surface area (Å²) in [5.41, 5.74) is 4.18. The molecule has 240 valence electrons. The van der Waals surface area contributed by atoms with Gasteiger partial charge in [-0.1, -0.05) is 44.2 Å². The van der Waals surface area contributed by atoms with Gasteiger partial charge in [-0.25, -0.2) is 19.0 Å². The minimum atomic E-state index is -4.78. The van der Waals surface area contributed by atoms with Crippen molar-refractivity contribution >= 4 is 17.2 Å². The van der Waals surface area contributed by atoms with Gasteiger partial charge in [0.15, 0.2) is 10.6 Å². The summed E-state index contributed by atoms with van der Waals surface area (Å²) in [6, 6.07) is 17.3. The Labute approximate surface area is 265 Å². The van der Waals surface area contributed by atoms with Crippen LogP contribution in [0.4, 0.5) is 17.6 Å². The SMILES string of the molecule is COc1ccc(C(C)C)c(-n2c(C)csc2=NC(O)N/C=C(\F)c2ccc(-c3ncn(-c4ccc(OC(F)(F)F)cc4)n3)cc2)c1. The maximum Gasteiger partial charge on any atom is 0.573 e. The predicted octanol–water partition coefficient (Wildman–Crippen LogP) is 6.86. The quantitative estimate of drug-likeness (QED) is 0.126. The minimum absolute atomic E-state index is 0.223. The molecule has 0 bridgehead atoms. The molecule has 1 unspecified atom stereocenters. The summed E-state index contributed by atoms with van der Waals surface area (Å²) in [7, 11) is 1.60. The molecule has 0 saturated heterocycles. The van der Waals surface area contributed by atoms with Crippen molar-refractivity contribution in [2.75, 3.05) is 7.11 Å². The van der Waals surface area contributed by atoms with Gasteiger partial charge in [0.2, 0.25) is 6.35 Å². The lowest BCUT2D eigenvalue weighted by molar-refractivity contribution is -0.274. The molecule has 3 aromatic carbocycles. The number of hydrogen-bond donors (Lipinski definition) is 2. The number of methoxy groups -OCH3 is 1. The average Bonchev–Trinajstić information content (AvgIpc) is 3.66. The Hall–Kier alpha value is -4.95. The second-order valence-electron chi connectivity index (χ2n) is 10.4. The van der Waals surface area contributed by atoms with Crippen LogP contribution in [0.25, 0.3) is 28.6 Å². The Morgan fingerprint density at radius 2 is 1.74 bits per heavy atom. The van der Waals surface area contributed by atoms with E-state index in [9.17, 15) is 18.3 Å². The van der Waals surface area contributed by atoms with Gasteiger partial charge in [-0.15, -0.1) is 29.6 Å². The molecule has 5 rings (SSSR count). The molecule has 46 heavy (non-hydrogen) atoms. The molecule has 0 aliphatic rings. The molecule has 0 aliphatic carbocycles. The van der Waals surface area contributed by atoms with Crippen molar-refractivity contribution in [3.63, 3.8) is 0 Å². The van der Waals surface area contributed by atoms with Crippen molar-refractivity contribution < 1.29 is 32.1 Å². The van der Waals surface area contributed by atoms with E-state index in [1.165, 1.54) is 58.7 Å². The molecular weight excluding hydrogens is 624 g/mol. The van der Waals surface area contributed by atoms with Crippen LogP contribution in [0.3, 0.4) is 0 Å². The summed E-state index contributed by atoms with van der Waals surface area (Å²) in [5, 5.41) is 19.5. The van der Waals surface area contributed by atoms with Crippen molar-refractivity contribution in [3.8, 4) is 34.3 Å². The highest BCUT2D eigenvalue weighted by Crippen LogP contribution is 2.28. The van der Waals surface area contributed by atoms with Gasteiger partial charge in [-0.05, 0) is 48.7 Å². The summed E-state index contributed by atoms with van der Waals surface area (Å²) in [6.45, 7) is 6.12. The third kappa shape index (κ3) is 7.64. The molecule has 0 spiro atoms. The van der Waals surface area contributed by atoms with Gasteiger partial charge in [-0.2, -0.15) is 0 Å². The largest absolute Gasteiger partial charge is 0.573 e. The van der Waals surface area contributed by atoms with Crippen molar-refractivity contribution in [1.82, 2.24) is 24.6 Å². The average molecular weight is 655 g/mol. The molecule has 2 heterocycles. The van der Waals surface area contributed by atoms with Crippen LogP contribution in [0, 0.1) is 6.92 Å². The van der Waals surface area contributed by atoms with E-state index < -0.39 is 18.5 Å². The highest BCUT2D eigenvalue weighted by Gasteiger charge is 2.31. The van der Waals surface area contributed by atoms with Crippen LogP contribution in [0.1, 0.15) is 36.6 Å². The van der Waals surface area contributed by atoms with Crippen LogP contribution in [-0.2, 0) is 0 Å². The number of nitrogens with zero attached hydrogens (tertiary/aromatic N) is 5. The smallest absolute Gasteiger partial charge is 0.497 e. The zero-order chi connectivity index (χ0) is 33.0. The number of benzene rings is 3. The van der Waals surface area contributed by atoms with Gasteiger partial charge < -0.3 is 19.9 Å². The predicted molar refractivity (Wildman–Crippen MR) is 166 cm³/mol. The van der Waals surface area contributed by atoms with Gasteiger partial charge in [0.25, 0.3) is 0 Å². The second-order valence-corrected chi connectivity index (χ2v) is 11.2. The fourth-order valence-corrected chi connectivity index (χ4v) is 5.47. The van der Waals surface area contributed by atoms with Gasteiger partial charge in [0, 0.05) is 34.5 Å². The molecule has 0 fully saturated rings. The lowest BCUT2D eigenvalue weighted by Crippen LogP contribution is -2.27. The van der Waals surface area contributed by atoms with Crippen LogP contribution < -0.4 is 19.6 Å². The normalized spacial score (nSPS) is 13.3. The van der Waals surface area contributed by atoms with E-state index in [2.05, 4.69) is 39.0 Å². The summed E-state index contributed by atoms with van der Waals surface area (Å²) in [6.07, 6.45) is -3.76. The van der Waals surface area contributed by atoms with Gasteiger partial charge in [0.1, 0.15) is 23.7 Å². The first-order valence-corrected chi connectivity index (χ1v) is 14.9. The summed E-state index contributed by atoms with van der Waals surface area (Å²) >= 11 is 1.35. The first-order chi connectivity index (χ1) is 21.9. The van der Waals surface area contributed by atoms with E-state index in [0.717, 1.165) is 23.1 Å². The fourth-order valence-electron chi connectivity index (χ4n) is 4.58. The Balaban J connectivity index is 1.28. The lowest BCUT2D eigenvalue weighted by Gasteiger charge is -2.17. The first-order valence-electron chi connectivity index (χ1n) is 14.0. The van der Waals surface area contributed by atoms with E-state index in [1.807, 2.05) is 35.1 Å². The standard InChI is InChI=1S/C32H30F4N6O3S/c1-19(2)26-14-13-25(44-4)15-28(26)42-20(3)17-46-31(42)39-30(43)37-16-27(33)21-5-7-22(8-6-21)29-38-18-41(40-29)23-9-11-24(12-10-23)45-32(34,35)36/h5-19,30,37,43H,1-4H3/b27-16-,39-31?. The van der Waals surface area contributed by atoms with Crippen LogP contribution >= 0.6 is 11.3 Å². The van der Waals surface area contributed by atoms with Crippen LogP contribution in [0.5, 0.6) is 11.5 Å². The zero-order valence-electron chi connectivity index (χ0n) is 25.2. The second kappa shape index (κ2) is 13.6. The molecule has 0 saturated carbocycles. The molecule has 9 nitrogen and oxygen atoms in total. The summed E-state index contributed by atoms with van der Waals surface area (Å²) in [4.78, 5) is 9.13. The Bertz CT molecular complexity index is 1890. The molecular formula is C32H30F4N6O3S. The zero-order valence-corrected chi connectivity index (χ0v) is 26.0.